The van der Waals surface area contributed by atoms with Gasteiger partial charge in [0.25, 0.3) is 0 Å². The van der Waals surface area contributed by atoms with Gasteiger partial charge in [0.1, 0.15) is 12.2 Å². The molecule has 5 nitrogen and oxygen atoms in total. The summed E-state index contributed by atoms with van der Waals surface area (Å²) in [6.07, 6.45) is 3.81. The fourth-order valence-corrected chi connectivity index (χ4v) is 5.37. The minimum Gasteiger partial charge on any atom is -0.462 e. The molecule has 3 aliphatic rings. The molecule has 1 spiro atoms. The van der Waals surface area contributed by atoms with Gasteiger partial charge in [-0.1, -0.05) is 60.2 Å². The molecule has 2 aromatic carbocycles. The summed E-state index contributed by atoms with van der Waals surface area (Å²) in [5.74, 6) is -0.522. The van der Waals surface area contributed by atoms with Gasteiger partial charge >= 0.3 is 11.9 Å². The normalized spacial score (nSPS) is 30.8. The van der Waals surface area contributed by atoms with Crippen molar-refractivity contribution < 1.29 is 24.2 Å². The molecule has 2 aromatic rings. The fourth-order valence-electron chi connectivity index (χ4n) is 5.37. The Hall–Kier alpha value is -2.92. The molecule has 0 radical (unpaired) electrons. The van der Waals surface area contributed by atoms with Crippen LogP contribution in [-0.2, 0) is 20.7 Å². The summed E-state index contributed by atoms with van der Waals surface area (Å²) in [5, 5.41) is 10.6. The summed E-state index contributed by atoms with van der Waals surface area (Å²) in [6.45, 7) is 0. The lowest BCUT2D eigenvalue weighted by atomic mass is 9.87. The average Bonchev–Trinajstić information content (AvgIpc) is 3.27. The highest BCUT2D eigenvalue weighted by molar-refractivity contribution is 5.89. The van der Waals surface area contributed by atoms with Crippen LogP contribution in [-0.4, -0.2) is 35.4 Å². The van der Waals surface area contributed by atoms with Crippen LogP contribution >= 0.6 is 0 Å². The summed E-state index contributed by atoms with van der Waals surface area (Å²) < 4.78 is 11.5. The lowest BCUT2D eigenvalue weighted by molar-refractivity contribution is -0.141. The third kappa shape index (κ3) is 3.79. The second-order valence-corrected chi connectivity index (χ2v) is 8.84. The van der Waals surface area contributed by atoms with Crippen LogP contribution in [0.5, 0.6) is 0 Å². The zero-order valence-electron chi connectivity index (χ0n) is 17.3. The molecule has 160 valence electrons. The van der Waals surface area contributed by atoms with E-state index in [0.717, 1.165) is 18.4 Å². The van der Waals surface area contributed by atoms with Crippen molar-refractivity contribution in [2.75, 3.05) is 0 Å². The Balaban J connectivity index is 1.31. The van der Waals surface area contributed by atoms with E-state index in [0.29, 0.717) is 24.8 Å². The number of benzene rings is 2. The Kier molecular flexibility index (Phi) is 5.14. The first-order valence-corrected chi connectivity index (χ1v) is 10.9. The molecule has 1 N–H and O–H groups in total. The maximum Gasteiger partial charge on any atom is 0.338 e. The van der Waals surface area contributed by atoms with Crippen molar-refractivity contribution in [3.8, 4) is 0 Å². The van der Waals surface area contributed by atoms with Crippen LogP contribution < -0.4 is 0 Å². The Bertz CT molecular complexity index is 999. The van der Waals surface area contributed by atoms with Crippen LogP contribution in [0.1, 0.15) is 41.6 Å². The Labute approximate surface area is 181 Å². The molecule has 1 aliphatic heterocycles. The van der Waals surface area contributed by atoms with Crippen LogP contribution in [0.15, 0.2) is 72.3 Å². The molecule has 5 heteroatoms. The second-order valence-electron chi connectivity index (χ2n) is 8.84. The highest BCUT2D eigenvalue weighted by Gasteiger charge is 2.70. The molecule has 0 amide bonds. The lowest BCUT2D eigenvalue weighted by Gasteiger charge is -2.22. The Morgan fingerprint density at radius 3 is 2.61 bits per heavy atom. The first-order chi connectivity index (χ1) is 15.1. The van der Waals surface area contributed by atoms with Crippen molar-refractivity contribution in [3.05, 3.63) is 83.4 Å². The SMILES string of the molecule is O=C1CC2[C@H](C[C@@H](OC(=O)c3ccccc3)C23C/C3=C\[C@@H](O)CCc2ccccc2)O1. The van der Waals surface area contributed by atoms with E-state index in [1.54, 1.807) is 12.1 Å². The standard InChI is InChI=1S/C26H26O5/c27-20(12-11-17-7-3-1-4-8-17)13-19-16-26(19)21-14-24(28)30-22(21)15-23(26)31-25(29)18-9-5-2-6-10-18/h1-10,13,20-23,27H,11-12,14-16H2/b19-13+/t20-,21?,22-,23+,26?/m0/s1. The summed E-state index contributed by atoms with van der Waals surface area (Å²) >= 11 is 0. The van der Waals surface area contributed by atoms with Gasteiger partial charge in [0, 0.05) is 17.8 Å². The average molecular weight is 418 g/mol. The maximum atomic E-state index is 12.7. The lowest BCUT2D eigenvalue weighted by Crippen LogP contribution is -2.28. The molecule has 31 heavy (non-hydrogen) atoms. The van der Waals surface area contributed by atoms with E-state index in [9.17, 15) is 14.7 Å². The molecular weight excluding hydrogens is 392 g/mol. The molecule has 5 atom stereocenters. The number of hydrogen-bond donors (Lipinski definition) is 1. The first kappa shape index (κ1) is 20.0. The number of rotatable bonds is 6. The van der Waals surface area contributed by atoms with E-state index in [-0.39, 0.29) is 35.5 Å². The predicted octanol–water partition coefficient (Wildman–Crippen LogP) is 3.86. The van der Waals surface area contributed by atoms with Crippen LogP contribution in [0.4, 0.5) is 0 Å². The molecule has 3 fully saturated rings. The van der Waals surface area contributed by atoms with E-state index >= 15 is 0 Å². The van der Waals surface area contributed by atoms with Gasteiger partial charge in [-0.2, -0.15) is 0 Å². The van der Waals surface area contributed by atoms with Gasteiger partial charge in [0.05, 0.1) is 18.1 Å². The van der Waals surface area contributed by atoms with Crippen LogP contribution in [0.25, 0.3) is 0 Å². The van der Waals surface area contributed by atoms with Crippen molar-refractivity contribution in [1.82, 2.24) is 0 Å². The van der Waals surface area contributed by atoms with Gasteiger partial charge in [-0.3, -0.25) is 4.79 Å². The van der Waals surface area contributed by atoms with E-state index in [1.807, 2.05) is 42.5 Å². The van der Waals surface area contributed by atoms with Crippen molar-refractivity contribution in [3.63, 3.8) is 0 Å². The summed E-state index contributed by atoms with van der Waals surface area (Å²) in [6, 6.07) is 19.0. The van der Waals surface area contributed by atoms with Crippen LogP contribution in [0.2, 0.25) is 0 Å². The Morgan fingerprint density at radius 2 is 1.87 bits per heavy atom. The largest absolute Gasteiger partial charge is 0.462 e. The molecule has 0 bridgehead atoms. The molecular formula is C26H26O5. The van der Waals surface area contributed by atoms with Gasteiger partial charge in [0.2, 0.25) is 0 Å². The second kappa shape index (κ2) is 7.97. The fraction of sp³-hybridized carbons (Fsp3) is 0.385. The minimum absolute atomic E-state index is 0.0150. The smallest absolute Gasteiger partial charge is 0.338 e. The molecule has 5 rings (SSSR count). The van der Waals surface area contributed by atoms with Crippen molar-refractivity contribution in [1.29, 1.82) is 0 Å². The molecule has 2 saturated carbocycles. The Morgan fingerprint density at radius 1 is 1.16 bits per heavy atom. The molecule has 2 unspecified atom stereocenters. The number of esters is 2. The number of hydrogen-bond acceptors (Lipinski definition) is 5. The number of ether oxygens (including phenoxy) is 2. The van der Waals surface area contributed by atoms with Gasteiger partial charge < -0.3 is 14.6 Å². The maximum absolute atomic E-state index is 12.7. The number of carbonyl (C=O) groups excluding carboxylic acids is 2. The van der Waals surface area contributed by atoms with E-state index in [2.05, 4.69) is 12.1 Å². The van der Waals surface area contributed by atoms with E-state index < -0.39 is 6.10 Å². The monoisotopic (exact) mass is 418 g/mol. The van der Waals surface area contributed by atoms with Crippen molar-refractivity contribution in [2.24, 2.45) is 11.3 Å². The highest BCUT2D eigenvalue weighted by Crippen LogP contribution is 2.69. The van der Waals surface area contributed by atoms with E-state index in [4.69, 9.17) is 9.47 Å². The number of aliphatic hydroxyl groups is 1. The first-order valence-electron chi connectivity index (χ1n) is 10.9. The van der Waals surface area contributed by atoms with E-state index in [1.165, 1.54) is 5.56 Å². The number of aryl methyl sites for hydroxylation is 1. The summed E-state index contributed by atoms with van der Waals surface area (Å²) in [7, 11) is 0. The zero-order chi connectivity index (χ0) is 21.4. The zero-order valence-corrected chi connectivity index (χ0v) is 17.3. The molecule has 0 aromatic heterocycles. The highest BCUT2D eigenvalue weighted by atomic mass is 16.6. The number of fused-ring (bicyclic) bond motifs is 2. The molecule has 1 heterocycles. The predicted molar refractivity (Wildman–Crippen MR) is 114 cm³/mol. The summed E-state index contributed by atoms with van der Waals surface area (Å²) in [5.41, 5.74) is 2.41. The van der Waals surface area contributed by atoms with Gasteiger partial charge in [-0.05, 0) is 37.0 Å². The third-order valence-electron chi connectivity index (χ3n) is 6.98. The number of aliphatic hydroxyl groups excluding tert-OH is 1. The molecule has 2 aliphatic carbocycles. The number of carbonyl (C=O) groups is 2. The van der Waals surface area contributed by atoms with Crippen molar-refractivity contribution in [2.45, 2.75) is 50.4 Å². The quantitative estimate of drug-likeness (QED) is 0.570. The summed E-state index contributed by atoms with van der Waals surface area (Å²) in [4.78, 5) is 24.6. The van der Waals surface area contributed by atoms with Gasteiger partial charge in [-0.25, -0.2) is 4.79 Å². The van der Waals surface area contributed by atoms with Crippen LogP contribution in [0, 0.1) is 11.3 Å². The topological polar surface area (TPSA) is 72.8 Å². The minimum atomic E-state index is -0.572. The van der Waals surface area contributed by atoms with Gasteiger partial charge in [-0.15, -0.1) is 0 Å². The van der Waals surface area contributed by atoms with Crippen molar-refractivity contribution >= 4 is 11.9 Å². The van der Waals surface area contributed by atoms with Crippen LogP contribution in [0.3, 0.4) is 0 Å². The molecule has 1 saturated heterocycles. The van der Waals surface area contributed by atoms with Gasteiger partial charge in [0.15, 0.2) is 0 Å². The third-order valence-corrected chi connectivity index (χ3v) is 6.98.